The van der Waals surface area contributed by atoms with Crippen LogP contribution >= 0.6 is 0 Å². The molecule has 1 aromatic heterocycles. The molecule has 0 saturated heterocycles. The Kier molecular flexibility index (Phi) is 6.50. The predicted octanol–water partition coefficient (Wildman–Crippen LogP) is 6.32. The number of amides is 1. The topological polar surface area (TPSA) is 78.5 Å². The quantitative estimate of drug-likeness (QED) is 0.315. The van der Waals surface area contributed by atoms with Crippen molar-refractivity contribution in [3.63, 3.8) is 0 Å². The molecule has 0 spiro atoms. The molecule has 0 radical (unpaired) electrons. The number of carbonyl (C=O) groups excluding carboxylic acids is 1. The number of phenolic OH excluding ortho intramolecular Hbond substituents is 1. The van der Waals surface area contributed by atoms with Crippen LogP contribution in [-0.2, 0) is 6.42 Å². The lowest BCUT2D eigenvalue weighted by molar-refractivity contribution is 0.0746. The first-order valence-corrected chi connectivity index (χ1v) is 12.7. The van der Waals surface area contributed by atoms with Gasteiger partial charge in [-0.25, -0.2) is 0 Å². The molecule has 5 rings (SSSR count). The third kappa shape index (κ3) is 4.48. The lowest BCUT2D eigenvalue weighted by Crippen LogP contribution is -2.31. The standard InChI is InChI=1S/C31H33N3O3/c1-18(2)22-8-10-23(11-9-22)30-27-28(26-20(4)16-19(3)17-25(26)35)32-33-29(27)31(36)34(30)15-14-21-6-12-24(37-5)13-7-21/h6-13,16-18,30,35H,14-15H2,1-5H3,(H,32,33). The van der Waals surface area contributed by atoms with E-state index in [1.165, 1.54) is 5.56 Å². The molecule has 1 atom stereocenters. The van der Waals surface area contributed by atoms with Gasteiger partial charge in [0.2, 0.25) is 0 Å². The van der Waals surface area contributed by atoms with Gasteiger partial charge in [0, 0.05) is 17.7 Å². The van der Waals surface area contributed by atoms with E-state index >= 15 is 0 Å². The van der Waals surface area contributed by atoms with E-state index in [1.807, 2.05) is 49.1 Å². The van der Waals surface area contributed by atoms with Crippen molar-refractivity contribution in [3.8, 4) is 22.8 Å². The average Bonchev–Trinajstić information content (AvgIpc) is 3.41. The number of aromatic hydroxyl groups is 1. The molecule has 2 N–H and O–H groups in total. The van der Waals surface area contributed by atoms with Gasteiger partial charge in [0.15, 0.2) is 0 Å². The number of carbonyl (C=O) groups is 1. The Morgan fingerprint density at radius 1 is 1.05 bits per heavy atom. The number of nitrogens with one attached hydrogen (secondary N) is 1. The normalized spacial score (nSPS) is 14.9. The van der Waals surface area contributed by atoms with Crippen LogP contribution in [0.25, 0.3) is 11.3 Å². The fourth-order valence-electron chi connectivity index (χ4n) is 5.32. The van der Waals surface area contributed by atoms with E-state index in [9.17, 15) is 9.90 Å². The second-order valence-corrected chi connectivity index (χ2v) is 10.2. The second kappa shape index (κ2) is 9.77. The van der Waals surface area contributed by atoms with Gasteiger partial charge < -0.3 is 14.7 Å². The Hall–Kier alpha value is -4.06. The van der Waals surface area contributed by atoms with Gasteiger partial charge in [-0.2, -0.15) is 5.10 Å². The Morgan fingerprint density at radius 3 is 2.38 bits per heavy atom. The summed E-state index contributed by atoms with van der Waals surface area (Å²) in [6.45, 7) is 8.81. The number of aromatic amines is 1. The summed E-state index contributed by atoms with van der Waals surface area (Å²) in [5, 5.41) is 18.5. The van der Waals surface area contributed by atoms with E-state index in [0.717, 1.165) is 33.6 Å². The Balaban J connectivity index is 1.58. The van der Waals surface area contributed by atoms with Gasteiger partial charge in [-0.15, -0.1) is 0 Å². The van der Waals surface area contributed by atoms with Crippen LogP contribution in [0.4, 0.5) is 0 Å². The monoisotopic (exact) mass is 495 g/mol. The molecule has 1 unspecified atom stereocenters. The summed E-state index contributed by atoms with van der Waals surface area (Å²) < 4.78 is 5.28. The zero-order valence-corrected chi connectivity index (χ0v) is 22.0. The SMILES string of the molecule is COc1ccc(CCN2C(=O)c3[nH]nc(-c4c(C)cc(C)cc4O)c3C2c2ccc(C(C)C)cc2)cc1. The molecule has 2 heterocycles. The number of benzene rings is 3. The molecule has 1 amide bonds. The maximum atomic E-state index is 13.7. The molecule has 6 heteroatoms. The van der Waals surface area contributed by atoms with Crippen LogP contribution in [0.1, 0.15) is 69.7 Å². The molecule has 1 aliphatic heterocycles. The number of rotatable bonds is 7. The maximum absolute atomic E-state index is 13.7. The van der Waals surface area contributed by atoms with Crippen LogP contribution in [0, 0.1) is 13.8 Å². The molecular formula is C31H33N3O3. The van der Waals surface area contributed by atoms with Crippen molar-refractivity contribution in [2.24, 2.45) is 0 Å². The highest BCUT2D eigenvalue weighted by atomic mass is 16.5. The number of methoxy groups -OCH3 is 1. The predicted molar refractivity (Wildman–Crippen MR) is 145 cm³/mol. The van der Waals surface area contributed by atoms with Crippen molar-refractivity contribution in [1.29, 1.82) is 0 Å². The number of hydrogen-bond acceptors (Lipinski definition) is 4. The Labute approximate surface area is 217 Å². The van der Waals surface area contributed by atoms with Crippen molar-refractivity contribution >= 4 is 5.91 Å². The van der Waals surface area contributed by atoms with Crippen molar-refractivity contribution in [2.75, 3.05) is 13.7 Å². The average molecular weight is 496 g/mol. The van der Waals surface area contributed by atoms with Crippen molar-refractivity contribution in [3.05, 3.63) is 99.7 Å². The van der Waals surface area contributed by atoms with Crippen LogP contribution < -0.4 is 4.74 Å². The lowest BCUT2D eigenvalue weighted by atomic mass is 9.92. The molecule has 0 saturated carbocycles. The molecule has 190 valence electrons. The Morgan fingerprint density at radius 2 is 1.76 bits per heavy atom. The van der Waals surface area contributed by atoms with Gasteiger partial charge in [-0.1, -0.05) is 56.3 Å². The first-order valence-electron chi connectivity index (χ1n) is 12.7. The number of ether oxygens (including phenoxy) is 1. The highest BCUT2D eigenvalue weighted by Crippen LogP contribution is 2.45. The van der Waals surface area contributed by atoms with E-state index in [1.54, 1.807) is 13.2 Å². The van der Waals surface area contributed by atoms with Gasteiger partial charge in [-0.3, -0.25) is 9.89 Å². The van der Waals surface area contributed by atoms with Crippen molar-refractivity contribution < 1.29 is 14.6 Å². The first kappa shape index (κ1) is 24.6. The minimum absolute atomic E-state index is 0.0792. The third-order valence-electron chi connectivity index (χ3n) is 7.28. The molecule has 0 bridgehead atoms. The second-order valence-electron chi connectivity index (χ2n) is 10.2. The third-order valence-corrected chi connectivity index (χ3v) is 7.28. The fraction of sp³-hybridized carbons (Fsp3) is 0.290. The number of H-pyrrole nitrogens is 1. The molecule has 37 heavy (non-hydrogen) atoms. The van der Waals surface area contributed by atoms with E-state index in [0.29, 0.717) is 35.8 Å². The van der Waals surface area contributed by atoms with Crippen LogP contribution in [0.3, 0.4) is 0 Å². The number of hydrogen-bond donors (Lipinski definition) is 2. The molecule has 6 nitrogen and oxygen atoms in total. The lowest BCUT2D eigenvalue weighted by Gasteiger charge is -2.27. The number of fused-ring (bicyclic) bond motifs is 1. The van der Waals surface area contributed by atoms with Gasteiger partial charge in [0.1, 0.15) is 22.9 Å². The number of nitrogens with zero attached hydrogens (tertiary/aromatic N) is 2. The van der Waals surface area contributed by atoms with E-state index in [-0.39, 0.29) is 17.7 Å². The van der Waals surface area contributed by atoms with Gasteiger partial charge >= 0.3 is 0 Å². The summed E-state index contributed by atoms with van der Waals surface area (Å²) in [5.41, 5.74) is 7.90. The van der Waals surface area contributed by atoms with Gasteiger partial charge in [0.05, 0.1) is 13.2 Å². The van der Waals surface area contributed by atoms with E-state index in [4.69, 9.17) is 4.74 Å². The van der Waals surface area contributed by atoms with Crippen molar-refractivity contribution in [1.82, 2.24) is 15.1 Å². The largest absolute Gasteiger partial charge is 0.507 e. The maximum Gasteiger partial charge on any atom is 0.273 e. The highest BCUT2D eigenvalue weighted by Gasteiger charge is 2.42. The number of phenols is 1. The molecule has 3 aromatic carbocycles. The zero-order chi connectivity index (χ0) is 26.3. The first-order chi connectivity index (χ1) is 17.8. The van der Waals surface area contributed by atoms with E-state index < -0.39 is 0 Å². The number of aryl methyl sites for hydroxylation is 2. The molecular weight excluding hydrogens is 462 g/mol. The molecule has 0 fully saturated rings. The smallest absolute Gasteiger partial charge is 0.273 e. The van der Waals surface area contributed by atoms with Gasteiger partial charge in [0.25, 0.3) is 5.91 Å². The summed E-state index contributed by atoms with van der Waals surface area (Å²) >= 11 is 0. The molecule has 1 aliphatic rings. The summed E-state index contributed by atoms with van der Waals surface area (Å²) in [5.74, 6) is 1.31. The number of aromatic nitrogens is 2. The van der Waals surface area contributed by atoms with Crippen molar-refractivity contribution in [2.45, 2.75) is 46.1 Å². The minimum atomic E-state index is -0.309. The fourth-order valence-corrected chi connectivity index (χ4v) is 5.32. The van der Waals surface area contributed by atoms with Gasteiger partial charge in [-0.05, 0) is 72.2 Å². The Bertz CT molecular complexity index is 1410. The van der Waals surface area contributed by atoms with Crippen LogP contribution in [0.15, 0.2) is 60.7 Å². The molecule has 0 aliphatic carbocycles. The van der Waals surface area contributed by atoms with Crippen LogP contribution in [0.5, 0.6) is 11.5 Å². The summed E-state index contributed by atoms with van der Waals surface area (Å²) in [6, 6.07) is 19.9. The summed E-state index contributed by atoms with van der Waals surface area (Å²) in [6.07, 6.45) is 0.707. The summed E-state index contributed by atoms with van der Waals surface area (Å²) in [4.78, 5) is 15.6. The van der Waals surface area contributed by atoms with Crippen LogP contribution in [-0.4, -0.2) is 39.8 Å². The summed E-state index contributed by atoms with van der Waals surface area (Å²) in [7, 11) is 1.65. The highest BCUT2D eigenvalue weighted by molar-refractivity contribution is 6.00. The molecule has 4 aromatic rings. The van der Waals surface area contributed by atoms with E-state index in [2.05, 4.69) is 48.3 Å². The van der Waals surface area contributed by atoms with Crippen LogP contribution in [0.2, 0.25) is 0 Å². The zero-order valence-electron chi connectivity index (χ0n) is 22.0. The minimum Gasteiger partial charge on any atom is -0.507 e.